The Hall–Kier alpha value is -2.49. The van der Waals surface area contributed by atoms with Crippen molar-refractivity contribution in [1.29, 1.82) is 0 Å². The molecule has 162 valence electrons. The fourth-order valence-corrected chi connectivity index (χ4v) is 3.30. The third kappa shape index (κ3) is 4.80. The highest BCUT2D eigenvalue weighted by atomic mass is 16.7. The van der Waals surface area contributed by atoms with Gasteiger partial charge in [-0.1, -0.05) is 42.0 Å². The van der Waals surface area contributed by atoms with Crippen LogP contribution in [0.25, 0.3) is 0 Å². The lowest BCUT2D eigenvalue weighted by atomic mass is 9.99. The van der Waals surface area contributed by atoms with Gasteiger partial charge in [0.25, 0.3) is 5.91 Å². The van der Waals surface area contributed by atoms with Gasteiger partial charge >= 0.3 is 0 Å². The number of aliphatic hydroxyl groups excluding tert-OH is 4. The molecule has 0 radical (unpaired) electrons. The predicted octanol–water partition coefficient (Wildman–Crippen LogP) is 0.412. The van der Waals surface area contributed by atoms with E-state index in [1.165, 1.54) is 0 Å². The van der Waals surface area contributed by atoms with Crippen molar-refractivity contribution in [3.63, 3.8) is 0 Å². The fourth-order valence-electron chi connectivity index (χ4n) is 3.30. The number of nitrogens with one attached hydrogen (secondary N) is 1. The maximum Gasteiger partial charge on any atom is 0.255 e. The molecule has 5 atom stereocenters. The van der Waals surface area contributed by atoms with Gasteiger partial charge in [-0.2, -0.15) is 0 Å². The quantitative estimate of drug-likeness (QED) is 0.461. The molecule has 0 saturated carbocycles. The van der Waals surface area contributed by atoms with E-state index in [2.05, 4.69) is 5.32 Å². The van der Waals surface area contributed by atoms with Gasteiger partial charge in [0.15, 0.2) is 0 Å². The Morgan fingerprint density at radius 3 is 2.40 bits per heavy atom. The first kappa shape index (κ1) is 22.2. The molecule has 8 heteroatoms. The summed E-state index contributed by atoms with van der Waals surface area (Å²) in [7, 11) is 0. The summed E-state index contributed by atoms with van der Waals surface area (Å²) in [5.41, 5.74) is 2.98. The molecular weight excluding hydrogens is 390 g/mol. The third-order valence-corrected chi connectivity index (χ3v) is 5.13. The van der Waals surface area contributed by atoms with Crippen LogP contribution in [0.15, 0.2) is 42.5 Å². The van der Waals surface area contributed by atoms with Gasteiger partial charge in [-0.25, -0.2) is 0 Å². The molecule has 0 unspecified atom stereocenters. The van der Waals surface area contributed by atoms with Gasteiger partial charge in [0.2, 0.25) is 6.29 Å². The molecule has 3 rings (SSSR count). The van der Waals surface area contributed by atoms with Gasteiger partial charge < -0.3 is 35.2 Å². The van der Waals surface area contributed by atoms with E-state index >= 15 is 0 Å². The zero-order valence-corrected chi connectivity index (χ0v) is 16.9. The maximum atomic E-state index is 12.9. The summed E-state index contributed by atoms with van der Waals surface area (Å²) < 4.78 is 11.1. The number of aliphatic hydroxyl groups is 4. The van der Waals surface area contributed by atoms with E-state index in [0.717, 1.165) is 11.1 Å². The summed E-state index contributed by atoms with van der Waals surface area (Å²) in [4.78, 5) is 12.9. The number of aryl methyl sites for hydroxylation is 2. The second kappa shape index (κ2) is 9.55. The topological polar surface area (TPSA) is 128 Å². The minimum Gasteiger partial charge on any atom is -0.461 e. The number of carbonyl (C=O) groups excluding carboxylic acids is 1. The molecule has 8 nitrogen and oxygen atoms in total. The Labute approximate surface area is 174 Å². The Bertz CT molecular complexity index is 868. The van der Waals surface area contributed by atoms with E-state index in [9.17, 15) is 25.2 Å². The minimum absolute atomic E-state index is 0.153. The number of benzene rings is 2. The van der Waals surface area contributed by atoms with Crippen LogP contribution in [0.4, 0.5) is 0 Å². The van der Waals surface area contributed by atoms with E-state index in [1.807, 2.05) is 31.2 Å². The molecule has 0 aromatic heterocycles. The van der Waals surface area contributed by atoms with Crippen LogP contribution in [0.1, 0.15) is 27.0 Å². The summed E-state index contributed by atoms with van der Waals surface area (Å²) in [6, 6.07) is 12.8. The van der Waals surface area contributed by atoms with Gasteiger partial charge in [-0.3, -0.25) is 4.79 Å². The molecule has 5 N–H and O–H groups in total. The molecule has 0 aliphatic carbocycles. The molecule has 2 aromatic rings. The Morgan fingerprint density at radius 1 is 1.03 bits per heavy atom. The highest BCUT2D eigenvalue weighted by Crippen LogP contribution is 2.28. The second-order valence-electron chi connectivity index (χ2n) is 7.43. The number of hydrogen-bond donors (Lipinski definition) is 5. The van der Waals surface area contributed by atoms with Crippen molar-refractivity contribution in [2.24, 2.45) is 0 Å². The van der Waals surface area contributed by atoms with Gasteiger partial charge in [0, 0.05) is 6.54 Å². The molecule has 1 aliphatic heterocycles. The molecule has 2 aromatic carbocycles. The molecule has 0 bridgehead atoms. The van der Waals surface area contributed by atoms with Crippen molar-refractivity contribution in [2.75, 3.05) is 6.61 Å². The van der Waals surface area contributed by atoms with E-state index in [1.54, 1.807) is 25.1 Å². The van der Waals surface area contributed by atoms with Gasteiger partial charge in [0.05, 0.1) is 12.2 Å². The summed E-state index contributed by atoms with van der Waals surface area (Å²) in [6.45, 7) is 3.49. The number of amides is 1. The maximum absolute atomic E-state index is 12.9. The average molecular weight is 417 g/mol. The van der Waals surface area contributed by atoms with Gasteiger partial charge in [0.1, 0.15) is 30.2 Å². The van der Waals surface area contributed by atoms with Crippen molar-refractivity contribution in [2.45, 2.75) is 51.1 Å². The van der Waals surface area contributed by atoms with Crippen molar-refractivity contribution in [3.8, 4) is 5.75 Å². The molecule has 1 fully saturated rings. The molecule has 0 spiro atoms. The fraction of sp³-hybridized carbons (Fsp3) is 0.409. The lowest BCUT2D eigenvalue weighted by molar-refractivity contribution is -0.277. The monoisotopic (exact) mass is 417 g/mol. The smallest absolute Gasteiger partial charge is 0.255 e. The third-order valence-electron chi connectivity index (χ3n) is 5.13. The van der Waals surface area contributed by atoms with Crippen molar-refractivity contribution < 1.29 is 34.7 Å². The lowest BCUT2D eigenvalue weighted by Crippen LogP contribution is -2.60. The molecule has 1 saturated heterocycles. The Balaban J connectivity index is 1.77. The van der Waals surface area contributed by atoms with Crippen LogP contribution < -0.4 is 10.1 Å². The summed E-state index contributed by atoms with van der Waals surface area (Å²) >= 11 is 0. The van der Waals surface area contributed by atoms with E-state index < -0.39 is 37.3 Å². The van der Waals surface area contributed by atoms with Gasteiger partial charge in [-0.15, -0.1) is 0 Å². The Kier molecular flexibility index (Phi) is 7.06. The number of ether oxygens (including phenoxy) is 2. The molecular formula is C22H27NO7. The average Bonchev–Trinajstić information content (AvgIpc) is 2.73. The summed E-state index contributed by atoms with van der Waals surface area (Å²) in [6.07, 6.45) is -7.08. The first-order valence-corrected chi connectivity index (χ1v) is 9.72. The zero-order valence-electron chi connectivity index (χ0n) is 16.9. The molecule has 30 heavy (non-hydrogen) atoms. The molecule has 1 aliphatic rings. The standard InChI is InChI=1S/C22H27NO7/c1-12-6-8-14(9-7-12)10-23-21(28)17-13(2)4-3-5-15(17)29-22-20(27)19(26)18(25)16(11-24)30-22/h3-9,16,18-20,22,24-27H,10-11H2,1-2H3,(H,23,28)/t16-,18-,19+,20-,22-/m1/s1. The van der Waals surface area contributed by atoms with Crippen molar-refractivity contribution >= 4 is 5.91 Å². The second-order valence-corrected chi connectivity index (χ2v) is 7.43. The zero-order chi connectivity index (χ0) is 21.8. The van der Waals surface area contributed by atoms with Crippen LogP contribution in [0, 0.1) is 13.8 Å². The SMILES string of the molecule is Cc1ccc(CNC(=O)c2c(C)cccc2O[C@@H]2O[C@H](CO)[C@@H](O)[C@H](O)[C@H]2O)cc1. The van der Waals surface area contributed by atoms with Crippen LogP contribution in [0.3, 0.4) is 0 Å². The van der Waals surface area contributed by atoms with Crippen molar-refractivity contribution in [1.82, 2.24) is 5.32 Å². The summed E-state index contributed by atoms with van der Waals surface area (Å²) in [5, 5.41) is 42.3. The number of hydrogen-bond acceptors (Lipinski definition) is 7. The first-order valence-electron chi connectivity index (χ1n) is 9.72. The van der Waals surface area contributed by atoms with E-state index in [4.69, 9.17) is 9.47 Å². The molecule has 1 heterocycles. The number of carbonyl (C=O) groups is 1. The van der Waals surface area contributed by atoms with Crippen LogP contribution in [-0.2, 0) is 11.3 Å². The Morgan fingerprint density at radius 2 is 1.73 bits per heavy atom. The van der Waals surface area contributed by atoms with Crippen LogP contribution in [-0.4, -0.2) is 63.6 Å². The van der Waals surface area contributed by atoms with E-state index in [-0.39, 0.29) is 17.2 Å². The normalized spacial score (nSPS) is 26.3. The number of rotatable bonds is 6. The van der Waals surface area contributed by atoms with E-state index in [0.29, 0.717) is 12.1 Å². The summed E-state index contributed by atoms with van der Waals surface area (Å²) in [5.74, 6) is -0.214. The largest absolute Gasteiger partial charge is 0.461 e. The predicted molar refractivity (Wildman–Crippen MR) is 108 cm³/mol. The van der Waals surface area contributed by atoms with Gasteiger partial charge in [-0.05, 0) is 31.0 Å². The first-order chi connectivity index (χ1) is 14.3. The van der Waals surface area contributed by atoms with Crippen LogP contribution in [0.2, 0.25) is 0 Å². The van der Waals surface area contributed by atoms with Crippen LogP contribution in [0.5, 0.6) is 5.75 Å². The highest BCUT2D eigenvalue weighted by Gasteiger charge is 2.45. The molecule has 1 amide bonds. The van der Waals surface area contributed by atoms with Crippen LogP contribution >= 0.6 is 0 Å². The van der Waals surface area contributed by atoms with Crippen molar-refractivity contribution in [3.05, 3.63) is 64.7 Å². The highest BCUT2D eigenvalue weighted by molar-refractivity contribution is 5.98. The lowest BCUT2D eigenvalue weighted by Gasteiger charge is -2.39. The minimum atomic E-state index is -1.57.